The Hall–Kier alpha value is -3.02. The smallest absolute Gasteiger partial charge is 0.242 e. The maximum atomic E-state index is 13.0. The molecule has 2 rings (SSSR count). The lowest BCUT2D eigenvalue weighted by Crippen LogP contribution is -2.52. The maximum Gasteiger partial charge on any atom is 0.242 e. The summed E-state index contributed by atoms with van der Waals surface area (Å²) in [6.45, 7) is 20.1. The third-order valence-corrected chi connectivity index (χ3v) is 5.88. The van der Waals surface area contributed by atoms with Gasteiger partial charge in [0.15, 0.2) is 0 Å². The molecule has 0 aromatic heterocycles. The number of hydrogen-bond donors (Lipinski definition) is 0. The topological polar surface area (TPSA) is 48.4 Å². The number of ether oxygens (including phenoxy) is 1. The van der Waals surface area contributed by atoms with Gasteiger partial charge in [0.25, 0.3) is 0 Å². The van der Waals surface area contributed by atoms with Crippen molar-refractivity contribution in [1.29, 1.82) is 0 Å². The van der Waals surface area contributed by atoms with Crippen LogP contribution >= 0.6 is 0 Å². The zero-order chi connectivity index (χ0) is 26.4. The first-order valence-corrected chi connectivity index (χ1v) is 12.7. The van der Waals surface area contributed by atoms with Crippen LogP contribution in [0.2, 0.25) is 0 Å². The normalized spacial score (nSPS) is 14.7. The molecule has 0 bridgehead atoms. The predicted octanol–water partition coefficient (Wildman–Crippen LogP) is 5.69. The summed E-state index contributed by atoms with van der Waals surface area (Å²) in [5.74, 6) is 2.25. The van der Waals surface area contributed by atoms with Gasteiger partial charge >= 0.3 is 0 Å². The van der Waals surface area contributed by atoms with Crippen molar-refractivity contribution in [3.63, 3.8) is 0 Å². The molecule has 0 saturated carbocycles. The minimum Gasteiger partial charge on any atom is -0.497 e. The van der Waals surface area contributed by atoms with Crippen LogP contribution in [0.3, 0.4) is 0 Å². The van der Waals surface area contributed by atoms with E-state index in [0.29, 0.717) is 6.54 Å². The van der Waals surface area contributed by atoms with Crippen LogP contribution in [0.5, 0.6) is 5.75 Å². The Morgan fingerprint density at radius 1 is 1.14 bits per heavy atom. The van der Waals surface area contributed by atoms with Gasteiger partial charge in [0.1, 0.15) is 11.6 Å². The molecule has 1 aliphatic rings. The van der Waals surface area contributed by atoms with Crippen LogP contribution in [0.1, 0.15) is 53.5 Å². The van der Waals surface area contributed by atoms with Crippen LogP contribution in [-0.2, 0) is 4.79 Å². The van der Waals surface area contributed by atoms with Crippen molar-refractivity contribution in [3.8, 4) is 5.75 Å². The third kappa shape index (κ3) is 9.63. The van der Waals surface area contributed by atoms with E-state index < -0.39 is 0 Å². The van der Waals surface area contributed by atoms with Gasteiger partial charge in [-0.3, -0.25) is 4.79 Å². The number of amidine groups is 1. The Morgan fingerprint density at radius 2 is 1.71 bits per heavy atom. The highest BCUT2D eigenvalue weighted by molar-refractivity contribution is 5.82. The van der Waals surface area contributed by atoms with E-state index in [0.717, 1.165) is 61.0 Å². The van der Waals surface area contributed by atoms with E-state index in [4.69, 9.17) is 4.74 Å². The van der Waals surface area contributed by atoms with Crippen LogP contribution in [-0.4, -0.2) is 73.3 Å². The summed E-state index contributed by atoms with van der Waals surface area (Å²) in [5, 5.41) is 0. The number of nitrogens with zero attached hydrogens (tertiary/aromatic N) is 4. The Labute approximate surface area is 213 Å². The van der Waals surface area contributed by atoms with Gasteiger partial charge in [0.2, 0.25) is 5.91 Å². The molecule has 1 aromatic rings. The van der Waals surface area contributed by atoms with Crippen molar-refractivity contribution in [1.82, 2.24) is 14.7 Å². The van der Waals surface area contributed by atoms with E-state index in [1.54, 1.807) is 7.11 Å². The molecule has 35 heavy (non-hydrogen) atoms. The fraction of sp³-hybridized carbons (Fsp3) is 0.517. The molecule has 6 heteroatoms. The molecule has 0 unspecified atom stereocenters. The summed E-state index contributed by atoms with van der Waals surface area (Å²) in [4.78, 5) is 23.7. The molecule has 1 aromatic carbocycles. The summed E-state index contributed by atoms with van der Waals surface area (Å²) in [6, 6.07) is 7.87. The van der Waals surface area contributed by atoms with E-state index in [2.05, 4.69) is 48.2 Å². The molecule has 6 nitrogen and oxygen atoms in total. The minimum atomic E-state index is 0.152. The molecule has 1 amide bonds. The predicted molar refractivity (Wildman–Crippen MR) is 150 cm³/mol. The standard InChI is InChI=1S/C27H40N4O2.C2H6/c1-8-9-14-28-23(5)30-15-17-31(18-16-30)27(32)20-29(6)26(21(2)3)19-22(4)24-10-12-25(33-7)13-11-24;1-2/h9-14,19,21H,4,8,15-18,20H2,1-3,5-7H3;1-2H3/b14-9-,26-19-,28-23?;. The number of carbonyl (C=O) groups is 1. The van der Waals surface area contributed by atoms with Gasteiger partial charge in [-0.15, -0.1) is 0 Å². The molecule has 0 atom stereocenters. The van der Waals surface area contributed by atoms with Gasteiger partial charge in [-0.05, 0) is 48.6 Å². The van der Waals surface area contributed by atoms with Crippen molar-refractivity contribution < 1.29 is 9.53 Å². The maximum absolute atomic E-state index is 13.0. The highest BCUT2D eigenvalue weighted by Crippen LogP contribution is 2.23. The van der Waals surface area contributed by atoms with Crippen molar-refractivity contribution >= 4 is 17.3 Å². The molecule has 1 fully saturated rings. The lowest BCUT2D eigenvalue weighted by Gasteiger charge is -2.37. The first-order chi connectivity index (χ1) is 16.8. The fourth-order valence-electron chi connectivity index (χ4n) is 3.81. The van der Waals surface area contributed by atoms with E-state index in [1.807, 2.05) is 69.3 Å². The molecular weight excluding hydrogens is 436 g/mol. The molecule has 1 heterocycles. The molecule has 0 N–H and O–H groups in total. The number of hydrogen-bond acceptors (Lipinski definition) is 4. The monoisotopic (exact) mass is 482 g/mol. The lowest BCUT2D eigenvalue weighted by atomic mass is 10.0. The molecule has 1 aliphatic heterocycles. The molecule has 194 valence electrons. The average Bonchev–Trinajstić information content (AvgIpc) is 2.88. The number of amides is 1. The third-order valence-electron chi connectivity index (χ3n) is 5.88. The molecule has 0 radical (unpaired) electrons. The quantitative estimate of drug-likeness (QED) is 0.258. The summed E-state index contributed by atoms with van der Waals surface area (Å²) < 4.78 is 5.24. The van der Waals surface area contributed by atoms with Crippen molar-refractivity contribution in [3.05, 3.63) is 60.5 Å². The molecule has 0 spiro atoms. The van der Waals surface area contributed by atoms with Gasteiger partial charge in [-0.25, -0.2) is 4.99 Å². The number of likely N-dealkylation sites (N-methyl/N-ethyl adjacent to an activating group) is 1. The van der Waals surface area contributed by atoms with Gasteiger partial charge < -0.3 is 19.4 Å². The second-order valence-electron chi connectivity index (χ2n) is 8.67. The molecular formula is C29H46N4O2. The van der Waals surface area contributed by atoms with Gasteiger partial charge in [0.05, 0.1) is 13.7 Å². The number of allylic oxidation sites excluding steroid dienone is 4. The summed E-state index contributed by atoms with van der Waals surface area (Å²) >= 11 is 0. The minimum absolute atomic E-state index is 0.152. The second kappa shape index (κ2) is 15.8. The summed E-state index contributed by atoms with van der Waals surface area (Å²) in [6.07, 6.45) is 6.97. The van der Waals surface area contributed by atoms with Crippen LogP contribution in [0.15, 0.2) is 59.9 Å². The highest BCUT2D eigenvalue weighted by atomic mass is 16.5. The number of piperazine rings is 1. The van der Waals surface area contributed by atoms with Gasteiger partial charge in [0, 0.05) is 45.1 Å². The van der Waals surface area contributed by atoms with Crippen LogP contribution in [0.4, 0.5) is 0 Å². The van der Waals surface area contributed by atoms with E-state index in [9.17, 15) is 4.79 Å². The Morgan fingerprint density at radius 3 is 2.23 bits per heavy atom. The fourth-order valence-corrected chi connectivity index (χ4v) is 3.81. The number of benzene rings is 1. The van der Waals surface area contributed by atoms with Crippen molar-refractivity contribution in [2.24, 2.45) is 10.9 Å². The molecule has 0 aliphatic carbocycles. The van der Waals surface area contributed by atoms with Crippen molar-refractivity contribution in [2.75, 3.05) is 46.9 Å². The van der Waals surface area contributed by atoms with Crippen LogP contribution < -0.4 is 4.74 Å². The van der Waals surface area contributed by atoms with E-state index in [-0.39, 0.29) is 11.8 Å². The van der Waals surface area contributed by atoms with Crippen molar-refractivity contribution in [2.45, 2.75) is 48.0 Å². The second-order valence-corrected chi connectivity index (χ2v) is 8.67. The lowest BCUT2D eigenvalue weighted by molar-refractivity contribution is -0.133. The molecule has 1 saturated heterocycles. The van der Waals surface area contributed by atoms with E-state index >= 15 is 0 Å². The highest BCUT2D eigenvalue weighted by Gasteiger charge is 2.23. The number of methoxy groups -OCH3 is 1. The SMILES string of the molecule is C=C(/C=C(/C(C)C)N(C)CC(=O)N1CCN(C(C)=N/C=C\CC)CC1)c1ccc(OC)cc1.CC. The number of aliphatic imine (C=N–C) groups is 1. The largest absolute Gasteiger partial charge is 0.497 e. The zero-order valence-corrected chi connectivity index (χ0v) is 23.2. The van der Waals surface area contributed by atoms with E-state index in [1.165, 1.54) is 0 Å². The van der Waals surface area contributed by atoms with Gasteiger partial charge in [-0.2, -0.15) is 0 Å². The number of carbonyl (C=O) groups excluding carboxylic acids is 1. The van der Waals surface area contributed by atoms with Gasteiger partial charge in [-0.1, -0.05) is 59.4 Å². The number of rotatable bonds is 9. The van der Waals surface area contributed by atoms with Crippen LogP contribution in [0, 0.1) is 5.92 Å². The summed E-state index contributed by atoms with van der Waals surface area (Å²) in [5.41, 5.74) is 3.05. The first kappa shape index (κ1) is 30.0. The Kier molecular flexibility index (Phi) is 13.5. The summed E-state index contributed by atoms with van der Waals surface area (Å²) in [7, 11) is 3.64. The van der Waals surface area contributed by atoms with Crippen LogP contribution in [0.25, 0.3) is 5.57 Å². The average molecular weight is 483 g/mol. The Balaban J connectivity index is 0.00000298. The zero-order valence-electron chi connectivity index (χ0n) is 23.2. The Bertz CT molecular complexity index is 876. The first-order valence-electron chi connectivity index (χ1n) is 12.7.